The Morgan fingerprint density at radius 3 is 2.89 bits per heavy atom. The summed E-state index contributed by atoms with van der Waals surface area (Å²) in [6.07, 6.45) is 4.15. The van der Waals surface area contributed by atoms with Crippen LogP contribution in [0.4, 0.5) is 0 Å². The first-order valence-corrected chi connectivity index (χ1v) is 8.30. The second kappa shape index (κ2) is 4.68. The zero-order valence-electron chi connectivity index (χ0n) is 10.8. The number of benzene rings is 1. The van der Waals surface area contributed by atoms with Crippen molar-refractivity contribution in [1.29, 1.82) is 0 Å². The molecular weight excluding hydrogens is 266 g/mol. The highest BCUT2D eigenvalue weighted by Gasteiger charge is 2.28. The molecule has 3 rings (SSSR count). The van der Waals surface area contributed by atoms with Gasteiger partial charge in [-0.25, -0.2) is 8.42 Å². The van der Waals surface area contributed by atoms with Gasteiger partial charge in [0.05, 0.1) is 0 Å². The van der Waals surface area contributed by atoms with Crippen LogP contribution in [0.1, 0.15) is 18.4 Å². The van der Waals surface area contributed by atoms with E-state index in [0.29, 0.717) is 24.0 Å². The Labute approximate surface area is 112 Å². The first kappa shape index (κ1) is 12.7. The lowest BCUT2D eigenvalue weighted by atomic mass is 10.0. The molecule has 1 N–H and O–H groups in total. The molecule has 0 spiro atoms. The molecule has 6 heteroatoms. The molecule has 2 aliphatic heterocycles. The van der Waals surface area contributed by atoms with Crippen LogP contribution in [-0.2, 0) is 16.3 Å². The molecule has 5 nitrogen and oxygen atoms in total. The van der Waals surface area contributed by atoms with Crippen LogP contribution < -0.4 is 14.8 Å². The Morgan fingerprint density at radius 2 is 2.21 bits per heavy atom. The molecule has 0 aliphatic carbocycles. The Bertz CT molecular complexity index is 591. The molecule has 1 aromatic carbocycles. The molecule has 0 aromatic heterocycles. The van der Waals surface area contributed by atoms with Crippen LogP contribution >= 0.6 is 0 Å². The molecule has 2 aliphatic rings. The van der Waals surface area contributed by atoms with E-state index >= 15 is 0 Å². The Morgan fingerprint density at radius 1 is 1.37 bits per heavy atom. The average molecular weight is 283 g/mol. The number of ether oxygens (including phenoxy) is 2. The normalized spacial score (nSPS) is 21.8. The van der Waals surface area contributed by atoms with E-state index in [9.17, 15) is 8.42 Å². The molecule has 0 radical (unpaired) electrons. The van der Waals surface area contributed by atoms with Crippen molar-refractivity contribution in [3.05, 3.63) is 17.7 Å². The SMILES string of the molecule is CS(=O)(=O)c1c(CC2CCCN2)ccc2c1OCO2. The minimum atomic E-state index is -3.33. The third-order valence-electron chi connectivity index (χ3n) is 3.57. The van der Waals surface area contributed by atoms with Crippen LogP contribution in [0.25, 0.3) is 0 Å². The van der Waals surface area contributed by atoms with Gasteiger partial charge in [-0.15, -0.1) is 0 Å². The summed E-state index contributed by atoms with van der Waals surface area (Å²) in [6, 6.07) is 3.98. The van der Waals surface area contributed by atoms with E-state index in [1.54, 1.807) is 6.07 Å². The molecule has 1 atom stereocenters. The third kappa shape index (κ3) is 2.42. The van der Waals surface area contributed by atoms with Crippen molar-refractivity contribution in [2.24, 2.45) is 0 Å². The number of hydrogen-bond acceptors (Lipinski definition) is 5. The van der Waals surface area contributed by atoms with Gasteiger partial charge >= 0.3 is 0 Å². The summed E-state index contributed by atoms with van der Waals surface area (Å²) < 4.78 is 34.7. The number of nitrogens with one attached hydrogen (secondary N) is 1. The molecular formula is C13H17NO4S. The lowest BCUT2D eigenvalue weighted by molar-refractivity contribution is 0.172. The lowest BCUT2D eigenvalue weighted by Gasteiger charge is -2.14. The predicted octanol–water partition coefficient (Wildman–Crippen LogP) is 1.11. The van der Waals surface area contributed by atoms with E-state index in [-0.39, 0.29) is 11.7 Å². The average Bonchev–Trinajstić information content (AvgIpc) is 2.96. The second-order valence-corrected chi connectivity index (χ2v) is 7.01. The van der Waals surface area contributed by atoms with E-state index in [4.69, 9.17) is 9.47 Å². The van der Waals surface area contributed by atoms with Gasteiger partial charge in [-0.3, -0.25) is 0 Å². The van der Waals surface area contributed by atoms with Crippen molar-refractivity contribution < 1.29 is 17.9 Å². The zero-order valence-corrected chi connectivity index (χ0v) is 11.6. The van der Waals surface area contributed by atoms with Crippen LogP contribution in [0.2, 0.25) is 0 Å². The number of sulfone groups is 1. The summed E-state index contributed by atoms with van der Waals surface area (Å²) in [5.41, 5.74) is 0.811. The van der Waals surface area contributed by atoms with Crippen LogP contribution in [-0.4, -0.2) is 34.1 Å². The summed E-state index contributed by atoms with van der Waals surface area (Å²) in [5, 5.41) is 3.38. The van der Waals surface area contributed by atoms with Gasteiger partial charge in [0.2, 0.25) is 6.79 Å². The standard InChI is InChI=1S/C13H17NO4S/c1-19(15,16)13-9(7-10-3-2-6-14-10)4-5-11-12(13)18-8-17-11/h4-5,10,14H,2-3,6-8H2,1H3. The van der Waals surface area contributed by atoms with E-state index in [1.807, 2.05) is 6.07 Å². The molecule has 19 heavy (non-hydrogen) atoms. The molecule has 1 unspecified atom stereocenters. The van der Waals surface area contributed by atoms with Gasteiger partial charge in [0, 0.05) is 12.3 Å². The van der Waals surface area contributed by atoms with Gasteiger partial charge in [0.1, 0.15) is 4.90 Å². The van der Waals surface area contributed by atoms with E-state index in [0.717, 1.165) is 24.9 Å². The smallest absolute Gasteiger partial charge is 0.231 e. The maximum absolute atomic E-state index is 12.0. The minimum absolute atomic E-state index is 0.0863. The van der Waals surface area contributed by atoms with Crippen molar-refractivity contribution in [2.45, 2.75) is 30.2 Å². The molecule has 2 heterocycles. The molecule has 0 amide bonds. The van der Waals surface area contributed by atoms with Crippen molar-refractivity contribution in [1.82, 2.24) is 5.32 Å². The quantitative estimate of drug-likeness (QED) is 0.900. The fourth-order valence-corrected chi connectivity index (χ4v) is 3.88. The topological polar surface area (TPSA) is 64.6 Å². The van der Waals surface area contributed by atoms with Gasteiger partial charge in [0.15, 0.2) is 21.3 Å². The van der Waals surface area contributed by atoms with E-state index in [2.05, 4.69) is 5.32 Å². The highest BCUT2D eigenvalue weighted by Crippen LogP contribution is 2.40. The van der Waals surface area contributed by atoms with Crippen LogP contribution in [0.5, 0.6) is 11.5 Å². The minimum Gasteiger partial charge on any atom is -0.454 e. The van der Waals surface area contributed by atoms with Crippen LogP contribution in [0, 0.1) is 0 Å². The maximum Gasteiger partial charge on any atom is 0.231 e. The van der Waals surface area contributed by atoms with Gasteiger partial charge in [0.25, 0.3) is 0 Å². The Balaban J connectivity index is 2.03. The summed E-state index contributed by atoms with van der Waals surface area (Å²) in [6.45, 7) is 1.09. The van der Waals surface area contributed by atoms with Crippen LogP contribution in [0.3, 0.4) is 0 Å². The summed E-state index contributed by atoms with van der Waals surface area (Å²) in [5.74, 6) is 0.890. The predicted molar refractivity (Wildman–Crippen MR) is 70.4 cm³/mol. The summed E-state index contributed by atoms with van der Waals surface area (Å²) in [7, 11) is -3.33. The highest BCUT2D eigenvalue weighted by molar-refractivity contribution is 7.90. The number of hydrogen-bond donors (Lipinski definition) is 1. The largest absolute Gasteiger partial charge is 0.454 e. The lowest BCUT2D eigenvalue weighted by Crippen LogP contribution is -2.24. The van der Waals surface area contributed by atoms with Crippen LogP contribution in [0.15, 0.2) is 17.0 Å². The van der Waals surface area contributed by atoms with Crippen molar-refractivity contribution in [3.63, 3.8) is 0 Å². The fourth-order valence-electron chi connectivity index (χ4n) is 2.75. The first-order chi connectivity index (χ1) is 9.05. The number of fused-ring (bicyclic) bond motifs is 1. The Kier molecular flexibility index (Phi) is 3.14. The maximum atomic E-state index is 12.0. The van der Waals surface area contributed by atoms with Gasteiger partial charge < -0.3 is 14.8 Å². The van der Waals surface area contributed by atoms with Crippen molar-refractivity contribution in [2.75, 3.05) is 19.6 Å². The number of rotatable bonds is 3. The van der Waals surface area contributed by atoms with Gasteiger partial charge in [-0.1, -0.05) is 6.07 Å². The first-order valence-electron chi connectivity index (χ1n) is 6.40. The van der Waals surface area contributed by atoms with E-state index < -0.39 is 9.84 Å². The Hall–Kier alpha value is -1.27. The fraction of sp³-hybridized carbons (Fsp3) is 0.538. The van der Waals surface area contributed by atoms with Crippen molar-refractivity contribution in [3.8, 4) is 11.5 Å². The molecule has 0 saturated carbocycles. The zero-order chi connectivity index (χ0) is 13.5. The molecule has 1 fully saturated rings. The molecule has 104 valence electrons. The van der Waals surface area contributed by atoms with E-state index in [1.165, 1.54) is 6.26 Å². The monoisotopic (exact) mass is 283 g/mol. The highest BCUT2D eigenvalue weighted by atomic mass is 32.2. The molecule has 1 aromatic rings. The summed E-state index contributed by atoms with van der Waals surface area (Å²) in [4.78, 5) is 0.288. The molecule has 1 saturated heterocycles. The third-order valence-corrected chi connectivity index (χ3v) is 4.76. The van der Waals surface area contributed by atoms with Crippen molar-refractivity contribution >= 4 is 9.84 Å². The molecule has 0 bridgehead atoms. The second-order valence-electron chi connectivity index (χ2n) is 5.06. The summed E-state index contributed by atoms with van der Waals surface area (Å²) >= 11 is 0. The van der Waals surface area contributed by atoms with Gasteiger partial charge in [-0.2, -0.15) is 0 Å². The van der Waals surface area contributed by atoms with Gasteiger partial charge in [-0.05, 0) is 37.4 Å².